The lowest BCUT2D eigenvalue weighted by Crippen LogP contribution is -2.43. The highest BCUT2D eigenvalue weighted by Crippen LogP contribution is 2.25. The van der Waals surface area contributed by atoms with Gasteiger partial charge in [-0.2, -0.15) is 11.3 Å². The van der Waals surface area contributed by atoms with E-state index in [1.54, 1.807) is 0 Å². The Bertz CT molecular complexity index is 323. The van der Waals surface area contributed by atoms with Crippen molar-refractivity contribution in [3.8, 4) is 0 Å². The van der Waals surface area contributed by atoms with Gasteiger partial charge in [-0.3, -0.25) is 4.90 Å². The maximum absolute atomic E-state index is 2.72. The molecule has 1 unspecified atom stereocenters. The van der Waals surface area contributed by atoms with Crippen LogP contribution in [0.5, 0.6) is 0 Å². The molecule has 2 saturated heterocycles. The van der Waals surface area contributed by atoms with Crippen molar-refractivity contribution in [1.82, 2.24) is 4.90 Å². The molecule has 0 amide bonds. The van der Waals surface area contributed by atoms with E-state index in [1.165, 1.54) is 57.5 Å². The molecule has 0 bridgehead atoms. The first-order valence-electron chi connectivity index (χ1n) is 6.45. The van der Waals surface area contributed by atoms with E-state index in [2.05, 4.69) is 26.6 Å². The van der Waals surface area contributed by atoms with Crippen LogP contribution in [-0.4, -0.2) is 37.1 Å². The third-order valence-corrected chi connectivity index (χ3v) is 4.60. The summed E-state index contributed by atoms with van der Waals surface area (Å²) in [6.45, 7) is 5.13. The molecule has 1 aromatic heterocycles. The fourth-order valence-electron chi connectivity index (χ4n) is 3.04. The van der Waals surface area contributed by atoms with Crippen LogP contribution < -0.4 is 4.90 Å². The second-order valence-electron chi connectivity index (χ2n) is 4.97. The second-order valence-corrected chi connectivity index (χ2v) is 5.75. The maximum Gasteiger partial charge on any atom is 0.0475 e. The van der Waals surface area contributed by atoms with E-state index in [4.69, 9.17) is 0 Å². The van der Waals surface area contributed by atoms with E-state index in [1.807, 2.05) is 11.3 Å². The van der Waals surface area contributed by atoms with Crippen LogP contribution in [0.3, 0.4) is 0 Å². The zero-order valence-electron chi connectivity index (χ0n) is 9.77. The van der Waals surface area contributed by atoms with Gasteiger partial charge in [-0.1, -0.05) is 6.42 Å². The molecular weight excluding hydrogens is 216 g/mol. The van der Waals surface area contributed by atoms with Gasteiger partial charge in [-0.25, -0.2) is 0 Å². The Morgan fingerprint density at radius 2 is 2.06 bits per heavy atom. The average molecular weight is 236 g/mol. The minimum atomic E-state index is 0.816. The van der Waals surface area contributed by atoms with Gasteiger partial charge in [0.2, 0.25) is 0 Å². The van der Waals surface area contributed by atoms with Crippen LogP contribution in [0.1, 0.15) is 25.7 Å². The lowest BCUT2D eigenvalue weighted by atomic mass is 10.0. The molecule has 16 heavy (non-hydrogen) atoms. The molecule has 2 aliphatic heterocycles. The average Bonchev–Trinajstić information content (AvgIpc) is 2.75. The molecule has 3 heteroatoms. The van der Waals surface area contributed by atoms with Crippen LogP contribution >= 0.6 is 11.3 Å². The summed E-state index contributed by atoms with van der Waals surface area (Å²) in [7, 11) is 0. The molecule has 0 radical (unpaired) electrons. The Labute approximate surface area is 102 Å². The Hall–Kier alpha value is -0.540. The first kappa shape index (κ1) is 10.6. The minimum Gasteiger partial charge on any atom is -0.369 e. The second kappa shape index (κ2) is 4.76. The van der Waals surface area contributed by atoms with Crippen LogP contribution in [0.25, 0.3) is 0 Å². The largest absolute Gasteiger partial charge is 0.369 e. The van der Waals surface area contributed by atoms with E-state index < -0.39 is 0 Å². The van der Waals surface area contributed by atoms with Gasteiger partial charge in [0.25, 0.3) is 0 Å². The lowest BCUT2D eigenvalue weighted by molar-refractivity contribution is 0.162. The molecule has 0 aromatic carbocycles. The van der Waals surface area contributed by atoms with E-state index in [0.717, 1.165) is 6.04 Å². The number of piperidine rings is 1. The van der Waals surface area contributed by atoms with E-state index in [9.17, 15) is 0 Å². The number of hydrogen-bond acceptors (Lipinski definition) is 3. The predicted octanol–water partition coefficient (Wildman–Crippen LogP) is 2.81. The number of thiophene rings is 1. The minimum absolute atomic E-state index is 0.816. The van der Waals surface area contributed by atoms with Crippen molar-refractivity contribution < 1.29 is 0 Å². The number of nitrogens with zero attached hydrogens (tertiary/aromatic N) is 2. The molecule has 88 valence electrons. The summed E-state index contributed by atoms with van der Waals surface area (Å²) in [5.41, 5.74) is 1.44. The molecular formula is C13H20N2S. The van der Waals surface area contributed by atoms with E-state index in [0.29, 0.717) is 0 Å². The lowest BCUT2D eigenvalue weighted by Gasteiger charge is -2.35. The van der Waals surface area contributed by atoms with Crippen molar-refractivity contribution in [1.29, 1.82) is 0 Å². The van der Waals surface area contributed by atoms with E-state index >= 15 is 0 Å². The first-order valence-corrected chi connectivity index (χ1v) is 7.39. The predicted molar refractivity (Wildman–Crippen MR) is 70.4 cm³/mol. The summed E-state index contributed by atoms with van der Waals surface area (Å²) in [4.78, 5) is 5.31. The van der Waals surface area contributed by atoms with Crippen LogP contribution in [0.2, 0.25) is 0 Å². The van der Waals surface area contributed by atoms with Crippen LogP contribution in [0.15, 0.2) is 16.8 Å². The van der Waals surface area contributed by atoms with Gasteiger partial charge in [0.15, 0.2) is 0 Å². The smallest absolute Gasteiger partial charge is 0.0475 e. The van der Waals surface area contributed by atoms with Gasteiger partial charge in [0, 0.05) is 36.7 Å². The summed E-state index contributed by atoms with van der Waals surface area (Å²) in [5.74, 6) is 0. The summed E-state index contributed by atoms with van der Waals surface area (Å²) in [6, 6.07) is 3.08. The Balaban J connectivity index is 1.73. The van der Waals surface area contributed by atoms with Crippen LogP contribution in [0, 0.1) is 0 Å². The number of rotatable bonds is 1. The van der Waals surface area contributed by atoms with Crippen molar-refractivity contribution in [2.75, 3.05) is 31.1 Å². The molecule has 1 aromatic rings. The Kier molecular flexibility index (Phi) is 3.15. The summed E-state index contributed by atoms with van der Waals surface area (Å²) in [5, 5.41) is 4.48. The standard InChI is InChI=1S/C13H20N2S/c1-2-6-14-7-3-8-15(10-12(14)4-1)13-5-9-16-11-13/h5,9,11-12H,1-4,6-8,10H2. The summed E-state index contributed by atoms with van der Waals surface area (Å²) < 4.78 is 0. The molecule has 0 N–H and O–H groups in total. The summed E-state index contributed by atoms with van der Waals surface area (Å²) in [6.07, 6.45) is 5.57. The van der Waals surface area contributed by atoms with Crippen LogP contribution in [0.4, 0.5) is 5.69 Å². The third kappa shape index (κ3) is 2.11. The van der Waals surface area contributed by atoms with Gasteiger partial charge in [-0.15, -0.1) is 0 Å². The maximum atomic E-state index is 2.72. The highest BCUT2D eigenvalue weighted by molar-refractivity contribution is 7.08. The van der Waals surface area contributed by atoms with Crippen molar-refractivity contribution in [3.05, 3.63) is 16.8 Å². The normalized spacial score (nSPS) is 27.5. The topological polar surface area (TPSA) is 6.48 Å². The quantitative estimate of drug-likeness (QED) is 0.740. The Morgan fingerprint density at radius 1 is 1.12 bits per heavy atom. The number of anilines is 1. The molecule has 2 aliphatic rings. The molecule has 3 heterocycles. The van der Waals surface area contributed by atoms with Crippen molar-refractivity contribution in [2.24, 2.45) is 0 Å². The van der Waals surface area contributed by atoms with Gasteiger partial charge < -0.3 is 4.90 Å². The fourth-order valence-corrected chi connectivity index (χ4v) is 3.71. The zero-order valence-corrected chi connectivity index (χ0v) is 10.6. The van der Waals surface area contributed by atoms with Crippen LogP contribution in [-0.2, 0) is 0 Å². The van der Waals surface area contributed by atoms with Gasteiger partial charge in [0.1, 0.15) is 0 Å². The summed E-state index contributed by atoms with van der Waals surface area (Å²) >= 11 is 1.81. The van der Waals surface area contributed by atoms with Crippen molar-refractivity contribution in [2.45, 2.75) is 31.7 Å². The number of hydrogen-bond donors (Lipinski definition) is 0. The highest BCUT2D eigenvalue weighted by atomic mass is 32.1. The Morgan fingerprint density at radius 3 is 2.94 bits per heavy atom. The van der Waals surface area contributed by atoms with Crippen molar-refractivity contribution in [3.63, 3.8) is 0 Å². The molecule has 3 rings (SSSR count). The SMILES string of the molecule is c1cc(N2CCCN3CCCCC3C2)cs1. The van der Waals surface area contributed by atoms with Gasteiger partial charge >= 0.3 is 0 Å². The monoisotopic (exact) mass is 236 g/mol. The molecule has 2 nitrogen and oxygen atoms in total. The third-order valence-electron chi connectivity index (χ3n) is 3.92. The molecule has 2 fully saturated rings. The molecule has 0 saturated carbocycles. The highest BCUT2D eigenvalue weighted by Gasteiger charge is 2.27. The molecule has 1 atom stereocenters. The zero-order chi connectivity index (χ0) is 10.8. The van der Waals surface area contributed by atoms with Crippen molar-refractivity contribution >= 4 is 17.0 Å². The molecule has 0 spiro atoms. The van der Waals surface area contributed by atoms with E-state index in [-0.39, 0.29) is 0 Å². The first-order chi connectivity index (χ1) is 7.93. The fraction of sp³-hybridized carbons (Fsp3) is 0.692. The number of fused-ring (bicyclic) bond motifs is 1. The van der Waals surface area contributed by atoms with Gasteiger partial charge in [-0.05, 0) is 37.3 Å². The molecule has 0 aliphatic carbocycles. The van der Waals surface area contributed by atoms with Gasteiger partial charge in [0.05, 0.1) is 0 Å².